The summed E-state index contributed by atoms with van der Waals surface area (Å²) >= 11 is 0. The zero-order valence-electron chi connectivity index (χ0n) is 26.6. The molecule has 6 N–H and O–H groups in total. The van der Waals surface area contributed by atoms with Crippen molar-refractivity contribution in [3.8, 4) is 23.0 Å². The smallest absolute Gasteiger partial charge is 0.338 e. The van der Waals surface area contributed by atoms with Crippen molar-refractivity contribution >= 4 is 29.4 Å². The summed E-state index contributed by atoms with van der Waals surface area (Å²) in [5.74, 6) is 0.398. The van der Waals surface area contributed by atoms with Gasteiger partial charge in [0.15, 0.2) is 0 Å². The summed E-state index contributed by atoms with van der Waals surface area (Å²) in [6, 6.07) is 3.25. The molecule has 2 rings (SSSR count). The Labute approximate surface area is 253 Å². The first-order chi connectivity index (χ1) is 20.0. The van der Waals surface area contributed by atoms with Crippen molar-refractivity contribution in [2.75, 3.05) is 32.0 Å². The molecule has 2 aromatic carbocycles. The molecule has 12 nitrogen and oxygen atoms in total. The lowest BCUT2D eigenvalue weighted by Crippen LogP contribution is -2.46. The molecule has 0 aliphatic rings. The molecule has 0 radical (unpaired) electrons. The molecular weight excluding hydrogens is 556 g/mol. The second-order valence-corrected chi connectivity index (χ2v) is 12.2. The third-order valence-corrected chi connectivity index (χ3v) is 6.83. The number of nitrogens with one attached hydrogen (secondary N) is 4. The molecule has 0 heterocycles. The molecule has 0 fully saturated rings. The van der Waals surface area contributed by atoms with Crippen LogP contribution in [0.1, 0.15) is 83.9 Å². The zero-order valence-corrected chi connectivity index (χ0v) is 26.6. The first-order valence-electron chi connectivity index (χ1n) is 14.1. The average Bonchev–Trinajstić information content (AvgIpc) is 2.92. The molecule has 0 spiro atoms. The number of urea groups is 2. The summed E-state index contributed by atoms with van der Waals surface area (Å²) in [5.41, 5.74) is 5.53. The number of aromatic hydroxyl groups is 2. The highest BCUT2D eigenvalue weighted by atomic mass is 16.5. The zero-order chi connectivity index (χ0) is 32.5. The van der Waals surface area contributed by atoms with E-state index in [0.29, 0.717) is 60.3 Å². The van der Waals surface area contributed by atoms with Crippen LogP contribution in [0.25, 0.3) is 0 Å². The van der Waals surface area contributed by atoms with E-state index in [1.165, 1.54) is 27.4 Å². The lowest BCUT2D eigenvalue weighted by atomic mass is 9.84. The van der Waals surface area contributed by atoms with Gasteiger partial charge in [-0.15, -0.1) is 0 Å². The molecule has 0 unspecified atom stereocenters. The maximum Gasteiger partial charge on any atom is 0.338 e. The number of hydrazine groups is 1. The molecule has 12 heteroatoms. The summed E-state index contributed by atoms with van der Waals surface area (Å²) in [6.45, 7) is 11.5. The van der Waals surface area contributed by atoms with E-state index >= 15 is 0 Å². The van der Waals surface area contributed by atoms with Crippen molar-refractivity contribution in [3.05, 3.63) is 34.9 Å². The Balaban J connectivity index is 2.23. The predicted octanol–water partition coefficient (Wildman–Crippen LogP) is 5.84. The Bertz CT molecular complexity index is 1310. The number of carbonyl (C=O) groups is 3. The minimum absolute atomic E-state index is 0.0960. The number of esters is 1. The first kappa shape index (κ1) is 34.8. The Morgan fingerprint density at radius 1 is 0.744 bits per heavy atom. The lowest BCUT2D eigenvalue weighted by Gasteiger charge is -2.26. The van der Waals surface area contributed by atoms with Crippen molar-refractivity contribution in [2.45, 2.75) is 84.5 Å². The normalized spacial score (nSPS) is 11.4. The second kappa shape index (κ2) is 14.7. The van der Waals surface area contributed by atoms with Gasteiger partial charge in [0.2, 0.25) is 0 Å². The van der Waals surface area contributed by atoms with E-state index in [9.17, 15) is 24.6 Å². The van der Waals surface area contributed by atoms with Gasteiger partial charge in [-0.2, -0.15) is 0 Å². The molecule has 238 valence electrons. The van der Waals surface area contributed by atoms with Crippen LogP contribution in [0.4, 0.5) is 21.0 Å². The Morgan fingerprint density at radius 2 is 1.33 bits per heavy atom. The Morgan fingerprint density at radius 3 is 1.86 bits per heavy atom. The number of ether oxygens (including phenoxy) is 3. The minimum atomic E-state index is -0.824. The number of benzene rings is 2. The molecule has 4 amide bonds. The monoisotopic (exact) mass is 602 g/mol. The standard InChI is InChI=1S/C31H46N4O8/c1-30(2,3)20-15-18(41-7)16-22(26(20)37)32-28(39)34-35-29(40)33-25-19(13-11-10-12-14-24(36)43-9)23(42-8)17-21(27(25)38)31(4,5)6/h15-17,37-38H,10-14H2,1-9H3,(H2,32,34,39)(H2,33,35,40). The number of hydrogen-bond donors (Lipinski definition) is 6. The minimum Gasteiger partial charge on any atom is -0.505 e. The quantitative estimate of drug-likeness (QED) is 0.0853. The van der Waals surface area contributed by atoms with Crippen molar-refractivity contribution in [3.63, 3.8) is 0 Å². The molecule has 0 atom stereocenters. The van der Waals surface area contributed by atoms with Gasteiger partial charge < -0.3 is 35.1 Å². The van der Waals surface area contributed by atoms with Gasteiger partial charge in [0, 0.05) is 29.2 Å². The third kappa shape index (κ3) is 9.59. The topological polar surface area (TPSA) is 167 Å². The van der Waals surface area contributed by atoms with Crippen LogP contribution < -0.4 is 31.0 Å². The van der Waals surface area contributed by atoms with E-state index in [-0.39, 0.29) is 28.8 Å². The van der Waals surface area contributed by atoms with E-state index in [1.807, 2.05) is 41.5 Å². The molecule has 2 aromatic rings. The molecule has 0 aromatic heterocycles. The van der Waals surface area contributed by atoms with Gasteiger partial charge in [-0.25, -0.2) is 20.4 Å². The average molecular weight is 603 g/mol. The van der Waals surface area contributed by atoms with Crippen LogP contribution >= 0.6 is 0 Å². The highest BCUT2D eigenvalue weighted by Gasteiger charge is 2.27. The largest absolute Gasteiger partial charge is 0.505 e. The maximum absolute atomic E-state index is 12.9. The van der Waals surface area contributed by atoms with Crippen LogP contribution in [0.2, 0.25) is 0 Å². The number of carbonyl (C=O) groups excluding carboxylic acids is 3. The number of rotatable bonds is 10. The van der Waals surface area contributed by atoms with Gasteiger partial charge in [0.25, 0.3) is 0 Å². The third-order valence-electron chi connectivity index (χ3n) is 6.83. The van der Waals surface area contributed by atoms with Crippen molar-refractivity contribution in [1.82, 2.24) is 10.9 Å². The van der Waals surface area contributed by atoms with Gasteiger partial charge in [0.05, 0.1) is 32.7 Å². The van der Waals surface area contributed by atoms with Crippen molar-refractivity contribution in [1.29, 1.82) is 0 Å². The van der Waals surface area contributed by atoms with Gasteiger partial charge in [-0.05, 0) is 42.2 Å². The molecule has 0 aliphatic carbocycles. The van der Waals surface area contributed by atoms with Crippen molar-refractivity contribution < 1.29 is 38.8 Å². The number of anilines is 2. The van der Waals surface area contributed by atoms with E-state index in [1.54, 1.807) is 12.1 Å². The van der Waals surface area contributed by atoms with Crippen LogP contribution in [-0.4, -0.2) is 49.6 Å². The molecule has 0 aliphatic heterocycles. The number of amides is 4. The van der Waals surface area contributed by atoms with Gasteiger partial charge in [-0.1, -0.05) is 48.0 Å². The lowest BCUT2D eigenvalue weighted by molar-refractivity contribution is -0.140. The summed E-state index contributed by atoms with van der Waals surface area (Å²) in [7, 11) is 4.33. The number of methoxy groups -OCH3 is 3. The highest BCUT2D eigenvalue weighted by molar-refractivity contribution is 5.96. The fraction of sp³-hybridized carbons (Fsp3) is 0.516. The van der Waals surface area contributed by atoms with Gasteiger partial charge in [-0.3, -0.25) is 4.79 Å². The Kier molecular flexibility index (Phi) is 11.9. The molecule has 0 saturated heterocycles. The Hall–Kier alpha value is -4.35. The molecular formula is C31H46N4O8. The van der Waals surface area contributed by atoms with E-state index in [4.69, 9.17) is 9.47 Å². The summed E-state index contributed by atoms with van der Waals surface area (Å²) in [5, 5.41) is 27.1. The van der Waals surface area contributed by atoms with E-state index in [0.717, 1.165) is 0 Å². The van der Waals surface area contributed by atoms with E-state index in [2.05, 4.69) is 26.2 Å². The van der Waals surface area contributed by atoms with Crippen LogP contribution in [0.3, 0.4) is 0 Å². The number of phenols is 2. The van der Waals surface area contributed by atoms with Crippen molar-refractivity contribution in [2.24, 2.45) is 0 Å². The first-order valence-corrected chi connectivity index (χ1v) is 14.1. The van der Waals surface area contributed by atoms with Crippen LogP contribution in [0, 0.1) is 0 Å². The fourth-order valence-corrected chi connectivity index (χ4v) is 4.48. The molecule has 0 bridgehead atoms. The van der Waals surface area contributed by atoms with Gasteiger partial charge >= 0.3 is 18.0 Å². The summed E-state index contributed by atoms with van der Waals surface area (Å²) in [6.07, 6.45) is 2.73. The van der Waals surface area contributed by atoms with E-state index < -0.39 is 22.9 Å². The number of phenolic OH excluding ortho intramolecular Hbond substituents is 2. The van der Waals surface area contributed by atoms with Gasteiger partial charge in [0.1, 0.15) is 23.0 Å². The number of unbranched alkanes of at least 4 members (excludes halogenated alkanes) is 2. The van der Waals surface area contributed by atoms with Crippen LogP contribution in [0.15, 0.2) is 18.2 Å². The fourth-order valence-electron chi connectivity index (χ4n) is 4.48. The van der Waals surface area contributed by atoms with Crippen LogP contribution in [-0.2, 0) is 26.8 Å². The van der Waals surface area contributed by atoms with Crippen LogP contribution in [0.5, 0.6) is 23.0 Å². The maximum atomic E-state index is 12.9. The highest BCUT2D eigenvalue weighted by Crippen LogP contribution is 2.44. The molecule has 0 saturated carbocycles. The second-order valence-electron chi connectivity index (χ2n) is 12.2. The molecule has 43 heavy (non-hydrogen) atoms. The summed E-state index contributed by atoms with van der Waals surface area (Å²) < 4.78 is 15.6. The number of hydrogen-bond acceptors (Lipinski definition) is 8. The predicted molar refractivity (Wildman–Crippen MR) is 165 cm³/mol. The SMILES string of the molecule is COC(=O)CCCCCc1c(OC)cc(C(C)(C)C)c(O)c1NC(=O)NNC(=O)Nc1cc(OC)cc(C(C)(C)C)c1O. The summed E-state index contributed by atoms with van der Waals surface area (Å²) in [4.78, 5) is 37.0.